The van der Waals surface area contributed by atoms with Crippen LogP contribution in [0.1, 0.15) is 28.5 Å². The summed E-state index contributed by atoms with van der Waals surface area (Å²) in [6.07, 6.45) is -0.0376. The van der Waals surface area contributed by atoms with Crippen molar-refractivity contribution in [1.29, 1.82) is 0 Å². The molecule has 192 valence electrons. The highest BCUT2D eigenvalue weighted by atomic mass is 19.4. The minimum absolute atomic E-state index is 0.0223. The Morgan fingerprint density at radius 3 is 2.84 bits per heavy atom. The summed E-state index contributed by atoms with van der Waals surface area (Å²) in [5.41, 5.74) is 0.584. The summed E-state index contributed by atoms with van der Waals surface area (Å²) in [4.78, 5) is 21.0. The first kappa shape index (κ1) is 24.3. The van der Waals surface area contributed by atoms with Crippen molar-refractivity contribution in [2.24, 2.45) is 0 Å². The third-order valence-electron chi connectivity index (χ3n) is 5.37. The molecule has 1 amide bonds. The lowest BCUT2D eigenvalue weighted by Gasteiger charge is -2.26. The normalized spacial score (nSPS) is 15.1. The Morgan fingerprint density at radius 2 is 2.03 bits per heavy atom. The first-order valence-corrected chi connectivity index (χ1v) is 10.9. The number of hydrogen-bond donors (Lipinski definition) is 1. The van der Waals surface area contributed by atoms with Crippen LogP contribution in [0.3, 0.4) is 0 Å². The lowest BCUT2D eigenvalue weighted by Crippen LogP contribution is -2.32. The summed E-state index contributed by atoms with van der Waals surface area (Å²) in [5.74, 6) is -2.52. The van der Waals surface area contributed by atoms with E-state index < -0.39 is 36.4 Å². The van der Waals surface area contributed by atoms with Crippen molar-refractivity contribution in [2.45, 2.75) is 18.6 Å². The topological polar surface area (TPSA) is 87.0 Å². The summed E-state index contributed by atoms with van der Waals surface area (Å²) < 4.78 is 82.5. The number of nitrogens with zero attached hydrogens (tertiary/aromatic N) is 3. The number of rotatable bonds is 6. The van der Waals surface area contributed by atoms with E-state index in [9.17, 15) is 26.7 Å². The zero-order valence-corrected chi connectivity index (χ0v) is 18.8. The fourth-order valence-electron chi connectivity index (χ4n) is 3.78. The van der Waals surface area contributed by atoms with Crippen molar-refractivity contribution in [3.05, 3.63) is 77.9 Å². The number of pyridine rings is 2. The van der Waals surface area contributed by atoms with Gasteiger partial charge in [-0.3, -0.25) is 4.79 Å². The van der Waals surface area contributed by atoms with Crippen LogP contribution >= 0.6 is 0 Å². The first-order valence-electron chi connectivity index (χ1n) is 10.9. The maximum absolute atomic E-state index is 14.1. The third-order valence-corrected chi connectivity index (χ3v) is 5.37. The molecule has 1 atom stereocenters. The van der Waals surface area contributed by atoms with Gasteiger partial charge in [0.1, 0.15) is 22.9 Å². The molecule has 0 aliphatic carbocycles. The molecule has 0 fully saturated rings. The van der Waals surface area contributed by atoms with Gasteiger partial charge >= 0.3 is 6.18 Å². The Balaban J connectivity index is 1.33. The van der Waals surface area contributed by atoms with Crippen molar-refractivity contribution in [3.8, 4) is 23.1 Å². The summed E-state index contributed by atoms with van der Waals surface area (Å²) in [6, 6.07) is 6.85. The van der Waals surface area contributed by atoms with Crippen molar-refractivity contribution in [3.63, 3.8) is 0 Å². The summed E-state index contributed by atoms with van der Waals surface area (Å²) in [5, 5.41) is 2.72. The minimum atomic E-state index is -4.53. The van der Waals surface area contributed by atoms with Gasteiger partial charge in [-0.05, 0) is 30.3 Å². The van der Waals surface area contributed by atoms with E-state index in [1.165, 1.54) is 47.3 Å². The van der Waals surface area contributed by atoms with E-state index >= 15 is 0 Å². The van der Waals surface area contributed by atoms with Crippen molar-refractivity contribution in [2.75, 3.05) is 13.2 Å². The number of nitrogens with one attached hydrogen (secondary N) is 1. The highest BCUT2D eigenvalue weighted by Gasteiger charge is 2.29. The monoisotopic (exact) mass is 520 g/mol. The number of hydrogen-bond acceptors (Lipinski definition) is 6. The summed E-state index contributed by atoms with van der Waals surface area (Å²) in [7, 11) is 0. The number of carbonyl (C=O) groups excluding carboxylic acids is 1. The van der Waals surface area contributed by atoms with Crippen LogP contribution in [0.4, 0.5) is 22.0 Å². The van der Waals surface area contributed by atoms with Crippen LogP contribution in [0.5, 0.6) is 23.1 Å². The zero-order valence-electron chi connectivity index (χ0n) is 18.8. The number of carbonyl (C=O) groups is 1. The molecule has 1 aromatic carbocycles. The molecule has 4 heterocycles. The van der Waals surface area contributed by atoms with Crippen LogP contribution in [0.25, 0.3) is 5.65 Å². The van der Waals surface area contributed by atoms with Crippen LogP contribution in [-0.4, -0.2) is 39.7 Å². The molecule has 1 N–H and O–H groups in total. The number of halogens is 5. The van der Waals surface area contributed by atoms with Crippen molar-refractivity contribution < 1.29 is 41.0 Å². The van der Waals surface area contributed by atoms with Crippen molar-refractivity contribution >= 4 is 11.6 Å². The molecule has 0 saturated heterocycles. The molecule has 1 unspecified atom stereocenters. The Bertz CT molecular complexity index is 1470. The van der Waals surface area contributed by atoms with Crippen molar-refractivity contribution in [1.82, 2.24) is 19.7 Å². The number of ether oxygens (including phenoxy) is 3. The van der Waals surface area contributed by atoms with Gasteiger partial charge in [-0.1, -0.05) is 0 Å². The van der Waals surface area contributed by atoms with Gasteiger partial charge < -0.3 is 23.9 Å². The molecule has 0 radical (unpaired) electrons. The number of fused-ring (bicyclic) bond motifs is 2. The second-order valence-corrected chi connectivity index (χ2v) is 8.04. The Morgan fingerprint density at radius 1 is 1.19 bits per heavy atom. The molecule has 0 bridgehead atoms. The van der Waals surface area contributed by atoms with E-state index in [2.05, 4.69) is 15.3 Å². The highest BCUT2D eigenvalue weighted by molar-refractivity contribution is 5.93. The highest BCUT2D eigenvalue weighted by Crippen LogP contribution is 2.35. The fraction of sp³-hybridized carbons (Fsp3) is 0.208. The molecule has 3 aromatic heterocycles. The van der Waals surface area contributed by atoms with E-state index in [0.717, 1.165) is 6.07 Å². The van der Waals surface area contributed by atoms with E-state index in [0.29, 0.717) is 18.1 Å². The Kier molecular flexibility index (Phi) is 6.27. The van der Waals surface area contributed by atoms with Gasteiger partial charge in [-0.25, -0.2) is 18.7 Å². The van der Waals surface area contributed by atoms with E-state index in [1.807, 2.05) is 0 Å². The number of alkyl halides is 3. The zero-order chi connectivity index (χ0) is 26.2. The predicted molar refractivity (Wildman–Crippen MR) is 118 cm³/mol. The smallest absolute Gasteiger partial charge is 0.422 e. The number of aromatic nitrogens is 3. The molecule has 1 aliphatic heterocycles. The van der Waals surface area contributed by atoms with E-state index in [4.69, 9.17) is 14.2 Å². The maximum atomic E-state index is 14.1. The molecule has 4 aromatic rings. The Hall–Kier alpha value is -4.42. The fourth-order valence-corrected chi connectivity index (χ4v) is 3.78. The van der Waals surface area contributed by atoms with Crippen LogP contribution in [0.15, 0.2) is 55.0 Å². The van der Waals surface area contributed by atoms with Crippen LogP contribution in [0.2, 0.25) is 0 Å². The molecule has 37 heavy (non-hydrogen) atoms. The minimum Gasteiger partial charge on any atom is -0.490 e. The van der Waals surface area contributed by atoms with Crippen LogP contribution in [0, 0.1) is 11.6 Å². The van der Waals surface area contributed by atoms with E-state index in [1.54, 1.807) is 0 Å². The summed E-state index contributed by atoms with van der Waals surface area (Å²) in [6.45, 7) is -1.38. The first-order chi connectivity index (χ1) is 17.7. The average molecular weight is 520 g/mol. The quantitative estimate of drug-likeness (QED) is 0.361. The lowest BCUT2D eigenvalue weighted by molar-refractivity contribution is -0.153. The second-order valence-electron chi connectivity index (χ2n) is 8.04. The molecule has 13 heteroatoms. The molecular formula is C24H17F5N4O4. The largest absolute Gasteiger partial charge is 0.490 e. The predicted octanol–water partition coefficient (Wildman–Crippen LogP) is 4.99. The van der Waals surface area contributed by atoms with Gasteiger partial charge in [0.2, 0.25) is 0 Å². The number of benzene rings is 1. The van der Waals surface area contributed by atoms with Crippen LogP contribution in [-0.2, 0) is 0 Å². The van der Waals surface area contributed by atoms with Gasteiger partial charge in [0, 0.05) is 30.4 Å². The SMILES string of the molecule is O=C(NC1CCOc2c(F)cc(F)cc21)c1cn2cc(Oc3ncccc3OCC(F)(F)F)ccc2n1. The second kappa shape index (κ2) is 9.56. The van der Waals surface area contributed by atoms with Crippen LogP contribution < -0.4 is 19.5 Å². The Labute approximate surface area is 205 Å². The maximum Gasteiger partial charge on any atom is 0.422 e. The lowest BCUT2D eigenvalue weighted by atomic mass is 10.00. The molecule has 8 nitrogen and oxygen atoms in total. The average Bonchev–Trinajstić information content (AvgIpc) is 3.27. The van der Waals surface area contributed by atoms with Gasteiger partial charge in [0.15, 0.2) is 23.9 Å². The molecule has 0 saturated carbocycles. The molecule has 5 rings (SSSR count). The number of amides is 1. The van der Waals surface area contributed by atoms with Gasteiger partial charge in [0.05, 0.1) is 18.8 Å². The summed E-state index contributed by atoms with van der Waals surface area (Å²) >= 11 is 0. The molecular weight excluding hydrogens is 503 g/mol. The van der Waals surface area contributed by atoms with Gasteiger partial charge in [-0.15, -0.1) is 0 Å². The third kappa shape index (κ3) is 5.39. The van der Waals surface area contributed by atoms with Gasteiger partial charge in [-0.2, -0.15) is 13.2 Å². The van der Waals surface area contributed by atoms with Gasteiger partial charge in [0.25, 0.3) is 11.8 Å². The number of imidazole rings is 1. The van der Waals surface area contributed by atoms with E-state index in [-0.39, 0.29) is 41.0 Å². The molecule has 1 aliphatic rings. The molecule has 0 spiro atoms. The standard InChI is InChI=1S/C24H17F5N4O4/c25-13-8-15-17(5-7-35-21(15)16(26)9-13)32-22(34)18-11-33-10-14(3-4-20(33)31-18)37-23-19(2-1-6-30-23)36-12-24(27,28)29/h1-4,6,8-11,17H,5,7,12H2,(H,32,34).